The Morgan fingerprint density at radius 1 is 1.00 bits per heavy atom. The smallest absolute Gasteiger partial charge is 0.269 e. The minimum atomic E-state index is -0.435. The van der Waals surface area contributed by atoms with Gasteiger partial charge < -0.3 is 5.32 Å². The van der Waals surface area contributed by atoms with Gasteiger partial charge in [-0.25, -0.2) is 0 Å². The van der Waals surface area contributed by atoms with Crippen LogP contribution in [0.3, 0.4) is 0 Å². The lowest BCUT2D eigenvalue weighted by atomic mass is 10.0. The molecular weight excluding hydrogens is 360 g/mol. The van der Waals surface area contributed by atoms with Crippen LogP contribution >= 0.6 is 11.8 Å². The summed E-state index contributed by atoms with van der Waals surface area (Å²) < 4.78 is 0. The van der Waals surface area contributed by atoms with Crippen LogP contribution in [0.15, 0.2) is 71.6 Å². The van der Waals surface area contributed by atoms with Crippen molar-refractivity contribution in [2.45, 2.75) is 30.0 Å². The number of benzene rings is 3. The van der Waals surface area contributed by atoms with Crippen molar-refractivity contribution < 1.29 is 9.72 Å². The minimum Gasteiger partial charge on any atom is -0.349 e. The molecule has 2 atom stereocenters. The second-order valence-corrected chi connectivity index (χ2v) is 7.76. The highest BCUT2D eigenvalue weighted by Crippen LogP contribution is 2.26. The Hall–Kier alpha value is -2.86. The highest BCUT2D eigenvalue weighted by Gasteiger charge is 2.18. The number of nitrogens with one attached hydrogen (secondary N) is 1. The van der Waals surface area contributed by atoms with Gasteiger partial charge in [0, 0.05) is 17.0 Å². The van der Waals surface area contributed by atoms with Gasteiger partial charge in [-0.2, -0.15) is 0 Å². The van der Waals surface area contributed by atoms with Gasteiger partial charge in [0.25, 0.3) is 5.69 Å². The zero-order valence-electron chi connectivity index (χ0n) is 15.1. The molecule has 2 unspecified atom stereocenters. The fourth-order valence-corrected chi connectivity index (χ4v) is 3.67. The van der Waals surface area contributed by atoms with E-state index in [0.29, 0.717) is 0 Å². The number of hydrogen-bond acceptors (Lipinski definition) is 4. The topological polar surface area (TPSA) is 72.2 Å². The van der Waals surface area contributed by atoms with Crippen LogP contribution in [-0.2, 0) is 4.79 Å². The summed E-state index contributed by atoms with van der Waals surface area (Å²) in [5, 5.41) is 15.8. The average Bonchev–Trinajstić information content (AvgIpc) is 2.67. The van der Waals surface area contributed by atoms with Gasteiger partial charge in [-0.05, 0) is 48.4 Å². The van der Waals surface area contributed by atoms with Crippen molar-refractivity contribution in [3.05, 3.63) is 82.4 Å². The second kappa shape index (κ2) is 8.22. The highest BCUT2D eigenvalue weighted by atomic mass is 32.2. The summed E-state index contributed by atoms with van der Waals surface area (Å²) in [6.45, 7) is 3.79. The zero-order chi connectivity index (χ0) is 19.4. The Bertz CT molecular complexity index is 973. The van der Waals surface area contributed by atoms with Crippen LogP contribution in [0.5, 0.6) is 0 Å². The minimum absolute atomic E-state index is 0.0429. The first-order valence-corrected chi connectivity index (χ1v) is 9.52. The maximum atomic E-state index is 12.5. The molecule has 0 radical (unpaired) electrons. The maximum absolute atomic E-state index is 12.5. The molecule has 0 saturated heterocycles. The van der Waals surface area contributed by atoms with Crippen LogP contribution < -0.4 is 5.32 Å². The summed E-state index contributed by atoms with van der Waals surface area (Å²) in [5.74, 6) is -0.0704. The van der Waals surface area contributed by atoms with Crippen LogP contribution in [0.25, 0.3) is 10.8 Å². The van der Waals surface area contributed by atoms with Crippen molar-refractivity contribution in [3.8, 4) is 0 Å². The Morgan fingerprint density at radius 2 is 1.67 bits per heavy atom. The summed E-state index contributed by atoms with van der Waals surface area (Å²) in [6.07, 6.45) is 0. The molecule has 0 aliphatic carbocycles. The number of rotatable bonds is 6. The molecule has 138 valence electrons. The average molecular weight is 380 g/mol. The van der Waals surface area contributed by atoms with Gasteiger partial charge in [0.05, 0.1) is 16.2 Å². The quantitative estimate of drug-likeness (QED) is 0.367. The molecule has 0 saturated carbocycles. The van der Waals surface area contributed by atoms with Crippen molar-refractivity contribution in [1.29, 1.82) is 0 Å². The Kier molecular flexibility index (Phi) is 5.76. The number of nitro groups is 1. The first-order valence-electron chi connectivity index (χ1n) is 8.64. The first-order chi connectivity index (χ1) is 12.9. The van der Waals surface area contributed by atoms with E-state index in [1.54, 1.807) is 12.1 Å². The van der Waals surface area contributed by atoms with Gasteiger partial charge in [0.2, 0.25) is 5.91 Å². The highest BCUT2D eigenvalue weighted by molar-refractivity contribution is 8.00. The fraction of sp³-hybridized carbons (Fsp3) is 0.190. The Labute approximate surface area is 161 Å². The molecule has 3 aromatic rings. The largest absolute Gasteiger partial charge is 0.349 e. The molecule has 27 heavy (non-hydrogen) atoms. The van der Waals surface area contributed by atoms with Crippen molar-refractivity contribution in [2.75, 3.05) is 0 Å². The summed E-state index contributed by atoms with van der Waals surface area (Å²) >= 11 is 1.38. The third kappa shape index (κ3) is 4.65. The Balaban J connectivity index is 1.63. The summed E-state index contributed by atoms with van der Waals surface area (Å²) in [7, 11) is 0. The van der Waals surface area contributed by atoms with E-state index in [0.717, 1.165) is 15.8 Å². The van der Waals surface area contributed by atoms with Gasteiger partial charge in [0.1, 0.15) is 0 Å². The predicted molar refractivity (Wildman–Crippen MR) is 109 cm³/mol. The van der Waals surface area contributed by atoms with Crippen LogP contribution in [0.4, 0.5) is 5.69 Å². The molecule has 0 aliphatic heterocycles. The summed E-state index contributed by atoms with van der Waals surface area (Å²) in [5.41, 5.74) is 1.09. The van der Waals surface area contributed by atoms with E-state index in [1.807, 2.05) is 32.0 Å². The van der Waals surface area contributed by atoms with E-state index in [2.05, 4.69) is 29.6 Å². The summed E-state index contributed by atoms with van der Waals surface area (Å²) in [4.78, 5) is 23.6. The van der Waals surface area contributed by atoms with E-state index < -0.39 is 4.92 Å². The van der Waals surface area contributed by atoms with Gasteiger partial charge in [-0.15, -0.1) is 11.8 Å². The van der Waals surface area contributed by atoms with Gasteiger partial charge in [0.15, 0.2) is 0 Å². The molecule has 0 spiro atoms. The first kappa shape index (κ1) is 18.9. The maximum Gasteiger partial charge on any atom is 0.269 e. The lowest BCUT2D eigenvalue weighted by Gasteiger charge is -2.18. The monoisotopic (exact) mass is 380 g/mol. The molecule has 3 aromatic carbocycles. The number of carbonyl (C=O) groups is 1. The third-order valence-corrected chi connectivity index (χ3v) is 5.47. The normalized spacial score (nSPS) is 13.1. The number of nitrogens with zero attached hydrogens (tertiary/aromatic N) is 1. The van der Waals surface area contributed by atoms with Crippen LogP contribution in [0.2, 0.25) is 0 Å². The number of hydrogen-bond donors (Lipinski definition) is 1. The van der Waals surface area contributed by atoms with Gasteiger partial charge in [-0.3, -0.25) is 14.9 Å². The molecule has 5 nitrogen and oxygen atoms in total. The number of fused-ring (bicyclic) bond motifs is 1. The third-order valence-electron chi connectivity index (χ3n) is 4.36. The van der Waals surface area contributed by atoms with Crippen LogP contribution in [0.1, 0.15) is 25.5 Å². The van der Waals surface area contributed by atoms with E-state index in [4.69, 9.17) is 0 Å². The van der Waals surface area contributed by atoms with Crippen molar-refractivity contribution in [2.24, 2.45) is 0 Å². The predicted octanol–water partition coefficient (Wildman–Crippen LogP) is 5.11. The molecule has 1 N–H and O–H groups in total. The van der Waals surface area contributed by atoms with Gasteiger partial charge in [-0.1, -0.05) is 36.4 Å². The molecule has 0 heterocycles. The molecule has 0 bridgehead atoms. The fourth-order valence-electron chi connectivity index (χ4n) is 2.80. The lowest BCUT2D eigenvalue weighted by Crippen LogP contribution is -2.33. The number of non-ortho nitro benzene ring substituents is 1. The van der Waals surface area contributed by atoms with Gasteiger partial charge >= 0.3 is 0 Å². The molecule has 0 fully saturated rings. The standard InChI is InChI=1S/C21H20N2O3S/c1-14(17-8-7-16-5-3-4-6-18(16)13-17)22-21(24)15(2)27-20-11-9-19(10-12-20)23(25)26/h3-15H,1-2H3,(H,22,24). The lowest BCUT2D eigenvalue weighted by molar-refractivity contribution is -0.384. The second-order valence-electron chi connectivity index (χ2n) is 6.35. The van der Waals surface area contributed by atoms with E-state index >= 15 is 0 Å². The zero-order valence-corrected chi connectivity index (χ0v) is 15.9. The molecule has 6 heteroatoms. The van der Waals surface area contributed by atoms with Crippen LogP contribution in [-0.4, -0.2) is 16.1 Å². The molecule has 0 aromatic heterocycles. The van der Waals surface area contributed by atoms with E-state index in [9.17, 15) is 14.9 Å². The molecule has 1 amide bonds. The van der Waals surface area contributed by atoms with Crippen molar-refractivity contribution in [1.82, 2.24) is 5.32 Å². The number of amides is 1. The number of thioether (sulfide) groups is 1. The van der Waals surface area contributed by atoms with Crippen molar-refractivity contribution in [3.63, 3.8) is 0 Å². The molecule has 0 aliphatic rings. The SMILES string of the molecule is CC(Sc1ccc([N+](=O)[O-])cc1)C(=O)NC(C)c1ccc2ccccc2c1. The van der Waals surface area contributed by atoms with Crippen molar-refractivity contribution >= 4 is 34.1 Å². The van der Waals surface area contributed by atoms with E-state index in [-0.39, 0.29) is 22.9 Å². The molecular formula is C21H20N2O3S. The number of nitro benzene ring substituents is 1. The van der Waals surface area contributed by atoms with Crippen LogP contribution in [0, 0.1) is 10.1 Å². The molecule has 3 rings (SSSR count). The van der Waals surface area contributed by atoms with E-state index in [1.165, 1.54) is 29.3 Å². The summed E-state index contributed by atoms with van der Waals surface area (Å²) in [6, 6.07) is 20.4. The Morgan fingerprint density at radius 3 is 2.33 bits per heavy atom. The number of carbonyl (C=O) groups excluding carboxylic acids is 1.